The topological polar surface area (TPSA) is 24.1 Å². The van der Waals surface area contributed by atoms with Gasteiger partial charge in [-0.2, -0.15) is 0 Å². The Bertz CT molecular complexity index is 139. The summed E-state index contributed by atoms with van der Waals surface area (Å²) in [6.45, 7) is 8.98. The highest BCUT2D eigenvalue weighted by atomic mass is 15.0. The van der Waals surface area contributed by atoms with Crippen molar-refractivity contribution in [2.75, 3.05) is 13.1 Å². The Labute approximate surface area is 88.8 Å². The van der Waals surface area contributed by atoms with E-state index in [-0.39, 0.29) is 0 Å². The summed E-state index contributed by atoms with van der Waals surface area (Å²) in [7, 11) is 0. The van der Waals surface area contributed by atoms with Crippen molar-refractivity contribution < 1.29 is 0 Å². The second kappa shape index (κ2) is 6.41. The summed E-state index contributed by atoms with van der Waals surface area (Å²) >= 11 is 0. The van der Waals surface area contributed by atoms with Crippen molar-refractivity contribution in [1.82, 2.24) is 10.6 Å². The molecule has 0 heterocycles. The van der Waals surface area contributed by atoms with E-state index in [1.54, 1.807) is 0 Å². The van der Waals surface area contributed by atoms with Gasteiger partial charge in [-0.25, -0.2) is 0 Å². The first-order chi connectivity index (χ1) is 6.68. The molecule has 1 saturated carbocycles. The van der Waals surface area contributed by atoms with Crippen molar-refractivity contribution in [3.05, 3.63) is 0 Å². The minimum absolute atomic E-state index is 0.603. The molecule has 1 unspecified atom stereocenters. The van der Waals surface area contributed by atoms with Gasteiger partial charge in [0.15, 0.2) is 0 Å². The van der Waals surface area contributed by atoms with Crippen molar-refractivity contribution in [3.8, 4) is 0 Å². The fourth-order valence-corrected chi connectivity index (χ4v) is 2.07. The number of rotatable bonds is 6. The maximum absolute atomic E-state index is 3.62. The van der Waals surface area contributed by atoms with Gasteiger partial charge in [0, 0.05) is 18.6 Å². The van der Waals surface area contributed by atoms with Gasteiger partial charge in [0.1, 0.15) is 0 Å². The lowest BCUT2D eigenvalue weighted by molar-refractivity contribution is 0.420. The summed E-state index contributed by atoms with van der Waals surface area (Å²) in [5.41, 5.74) is 0. The van der Waals surface area contributed by atoms with Gasteiger partial charge in [0.2, 0.25) is 0 Å². The van der Waals surface area contributed by atoms with E-state index >= 15 is 0 Å². The lowest BCUT2D eigenvalue weighted by atomic mass is 10.1. The Morgan fingerprint density at radius 1 is 1.07 bits per heavy atom. The average Bonchev–Trinajstić information content (AvgIpc) is 2.63. The van der Waals surface area contributed by atoms with E-state index in [1.165, 1.54) is 32.2 Å². The summed E-state index contributed by atoms with van der Waals surface area (Å²) in [6.07, 6.45) is 5.78. The number of nitrogens with one attached hydrogen (secondary N) is 2. The zero-order valence-electron chi connectivity index (χ0n) is 9.97. The van der Waals surface area contributed by atoms with Gasteiger partial charge in [-0.15, -0.1) is 0 Å². The van der Waals surface area contributed by atoms with Crippen LogP contribution in [0.5, 0.6) is 0 Å². The van der Waals surface area contributed by atoms with Crippen molar-refractivity contribution in [1.29, 1.82) is 0 Å². The summed E-state index contributed by atoms with van der Waals surface area (Å²) in [5, 5.41) is 7.08. The monoisotopic (exact) mass is 198 g/mol. The highest BCUT2D eigenvalue weighted by molar-refractivity contribution is 4.73. The van der Waals surface area contributed by atoms with E-state index in [2.05, 4.69) is 31.4 Å². The Balaban J connectivity index is 1.99. The van der Waals surface area contributed by atoms with E-state index in [9.17, 15) is 0 Å². The highest BCUT2D eigenvalue weighted by Gasteiger charge is 2.15. The lowest BCUT2D eigenvalue weighted by Crippen LogP contribution is -2.40. The van der Waals surface area contributed by atoms with Crippen LogP contribution < -0.4 is 10.6 Å². The fraction of sp³-hybridized carbons (Fsp3) is 1.00. The van der Waals surface area contributed by atoms with E-state index in [1.807, 2.05) is 0 Å². The smallest absolute Gasteiger partial charge is 0.0164 e. The van der Waals surface area contributed by atoms with Crippen LogP contribution in [0.2, 0.25) is 0 Å². The zero-order chi connectivity index (χ0) is 10.4. The first-order valence-electron chi connectivity index (χ1n) is 6.15. The van der Waals surface area contributed by atoms with Crippen molar-refractivity contribution in [2.45, 2.75) is 58.5 Å². The van der Waals surface area contributed by atoms with Gasteiger partial charge in [0.05, 0.1) is 0 Å². The van der Waals surface area contributed by atoms with Crippen molar-refractivity contribution >= 4 is 0 Å². The Kier molecular flexibility index (Phi) is 5.49. The molecular formula is C12H26N2. The quantitative estimate of drug-likeness (QED) is 0.683. The van der Waals surface area contributed by atoms with Crippen LogP contribution in [0.1, 0.15) is 46.5 Å². The molecule has 0 aliphatic heterocycles. The summed E-state index contributed by atoms with van der Waals surface area (Å²) in [5.74, 6) is 0.955. The summed E-state index contributed by atoms with van der Waals surface area (Å²) in [6, 6.07) is 1.21. The van der Waals surface area contributed by atoms with Crippen LogP contribution in [0.15, 0.2) is 0 Å². The molecule has 14 heavy (non-hydrogen) atoms. The summed E-state index contributed by atoms with van der Waals surface area (Å²) < 4.78 is 0. The van der Waals surface area contributed by atoms with Crippen LogP contribution in [0, 0.1) is 5.92 Å². The largest absolute Gasteiger partial charge is 0.313 e. The maximum atomic E-state index is 3.62. The molecular weight excluding hydrogens is 172 g/mol. The van der Waals surface area contributed by atoms with Gasteiger partial charge in [0.25, 0.3) is 0 Å². The predicted octanol–water partition coefficient (Wildman–Crippen LogP) is 2.15. The third kappa shape index (κ3) is 4.97. The molecule has 0 aromatic heterocycles. The molecule has 0 saturated heterocycles. The Hall–Kier alpha value is -0.0800. The molecule has 0 spiro atoms. The van der Waals surface area contributed by atoms with E-state index in [0.29, 0.717) is 12.1 Å². The van der Waals surface area contributed by atoms with E-state index < -0.39 is 0 Å². The molecule has 2 nitrogen and oxygen atoms in total. The average molecular weight is 198 g/mol. The van der Waals surface area contributed by atoms with Crippen molar-refractivity contribution in [3.63, 3.8) is 0 Å². The van der Waals surface area contributed by atoms with Gasteiger partial charge >= 0.3 is 0 Å². The molecule has 1 aliphatic carbocycles. The first-order valence-corrected chi connectivity index (χ1v) is 6.15. The maximum Gasteiger partial charge on any atom is 0.0164 e. The minimum atomic E-state index is 0.603. The third-order valence-electron chi connectivity index (χ3n) is 3.06. The van der Waals surface area contributed by atoms with Crippen molar-refractivity contribution in [2.24, 2.45) is 5.92 Å². The number of hydrogen-bond donors (Lipinski definition) is 2. The van der Waals surface area contributed by atoms with Crippen LogP contribution in [0.4, 0.5) is 0 Å². The van der Waals surface area contributed by atoms with Crippen LogP contribution >= 0.6 is 0 Å². The molecule has 84 valence electrons. The highest BCUT2D eigenvalue weighted by Crippen LogP contribution is 2.23. The molecule has 2 heteroatoms. The molecule has 0 amide bonds. The van der Waals surface area contributed by atoms with E-state index in [4.69, 9.17) is 0 Å². The van der Waals surface area contributed by atoms with Crippen LogP contribution in [-0.4, -0.2) is 25.2 Å². The molecule has 1 aliphatic rings. The van der Waals surface area contributed by atoms with Gasteiger partial charge in [-0.3, -0.25) is 0 Å². The lowest BCUT2D eigenvalue weighted by Gasteiger charge is -2.18. The SMILES string of the molecule is CC(C)NCC(C)NCC1CCCC1. The number of hydrogen-bond acceptors (Lipinski definition) is 2. The predicted molar refractivity (Wildman–Crippen MR) is 62.6 cm³/mol. The molecule has 2 N–H and O–H groups in total. The zero-order valence-corrected chi connectivity index (χ0v) is 9.97. The van der Waals surface area contributed by atoms with Gasteiger partial charge in [-0.05, 0) is 32.2 Å². The molecule has 1 atom stereocenters. The molecule has 1 fully saturated rings. The molecule has 1 rings (SSSR count). The molecule has 0 aromatic carbocycles. The molecule has 0 bridgehead atoms. The van der Waals surface area contributed by atoms with Crippen LogP contribution in [-0.2, 0) is 0 Å². The second-order valence-electron chi connectivity index (χ2n) is 5.02. The van der Waals surface area contributed by atoms with Gasteiger partial charge < -0.3 is 10.6 Å². The standard InChI is InChI=1S/C12H26N2/c1-10(2)13-8-11(3)14-9-12-6-4-5-7-12/h10-14H,4-9H2,1-3H3. The van der Waals surface area contributed by atoms with E-state index in [0.717, 1.165) is 12.5 Å². The first kappa shape index (κ1) is 12.0. The fourth-order valence-electron chi connectivity index (χ4n) is 2.07. The second-order valence-corrected chi connectivity index (χ2v) is 5.02. The van der Waals surface area contributed by atoms with Crippen LogP contribution in [0.25, 0.3) is 0 Å². The van der Waals surface area contributed by atoms with Crippen LogP contribution in [0.3, 0.4) is 0 Å². The molecule has 0 radical (unpaired) electrons. The molecule has 0 aromatic rings. The van der Waals surface area contributed by atoms with Gasteiger partial charge in [-0.1, -0.05) is 26.7 Å². The Morgan fingerprint density at radius 2 is 1.71 bits per heavy atom. The normalized spacial score (nSPS) is 20.6. The third-order valence-corrected chi connectivity index (χ3v) is 3.06. The summed E-state index contributed by atoms with van der Waals surface area (Å²) in [4.78, 5) is 0. The Morgan fingerprint density at radius 3 is 2.29 bits per heavy atom. The minimum Gasteiger partial charge on any atom is -0.313 e.